The summed E-state index contributed by atoms with van der Waals surface area (Å²) in [4.78, 5) is 10.6. The molecule has 0 radical (unpaired) electrons. The number of esters is 1. The lowest BCUT2D eigenvalue weighted by Gasteiger charge is -2.01. The van der Waals surface area contributed by atoms with Crippen LogP contribution in [0, 0.1) is 0 Å². The molecule has 0 heterocycles. The van der Waals surface area contributed by atoms with Gasteiger partial charge in [-0.15, -0.1) is 0 Å². The van der Waals surface area contributed by atoms with Gasteiger partial charge in [0, 0.05) is 0 Å². The topological polar surface area (TPSA) is 52.3 Å². The third-order valence-corrected chi connectivity index (χ3v) is 2.66. The number of ether oxygens (including phenoxy) is 1. The average molecular weight is 271 g/mol. The van der Waals surface area contributed by atoms with Crippen LogP contribution < -0.4 is 5.73 Å². The van der Waals surface area contributed by atoms with Crippen LogP contribution >= 0.6 is 0 Å². The van der Waals surface area contributed by atoms with Gasteiger partial charge in [0.25, 0.3) is 0 Å². The summed E-state index contributed by atoms with van der Waals surface area (Å²) in [7, 11) is 0. The molecule has 2 N–H and O–H groups in total. The molecule has 20 heavy (non-hydrogen) atoms. The van der Waals surface area contributed by atoms with Crippen LogP contribution in [0.25, 0.3) is 0 Å². The van der Waals surface area contributed by atoms with Gasteiger partial charge in [0.15, 0.2) is 0 Å². The molecule has 3 heteroatoms. The molecule has 0 aliphatic heterocycles. The summed E-state index contributed by atoms with van der Waals surface area (Å²) in [5, 5.41) is 0. The van der Waals surface area contributed by atoms with Crippen LogP contribution in [-0.2, 0) is 22.6 Å². The molecule has 2 rings (SSSR count). The maximum atomic E-state index is 10.6. The Balaban J connectivity index is 0.000000217. The Kier molecular flexibility index (Phi) is 7.77. The quantitative estimate of drug-likeness (QED) is 0.870. The minimum Gasteiger partial charge on any atom is -0.460 e. The number of aryl methyl sites for hydroxylation is 1. The van der Waals surface area contributed by atoms with Crippen LogP contribution in [0.2, 0.25) is 0 Å². The molecule has 2 aromatic carbocycles. The molecule has 106 valence electrons. The Morgan fingerprint density at radius 3 is 1.85 bits per heavy atom. The van der Waals surface area contributed by atoms with E-state index in [1.165, 1.54) is 5.56 Å². The van der Waals surface area contributed by atoms with E-state index in [-0.39, 0.29) is 12.5 Å². The highest BCUT2D eigenvalue weighted by molar-refractivity contribution is 5.71. The zero-order valence-corrected chi connectivity index (χ0v) is 11.8. The van der Waals surface area contributed by atoms with Gasteiger partial charge in [-0.3, -0.25) is 4.79 Å². The minimum absolute atomic E-state index is 0.0627. The number of nitrogens with two attached hydrogens (primary N) is 1. The van der Waals surface area contributed by atoms with Crippen LogP contribution in [0.4, 0.5) is 0 Å². The van der Waals surface area contributed by atoms with Gasteiger partial charge in [-0.25, -0.2) is 0 Å². The summed E-state index contributed by atoms with van der Waals surface area (Å²) >= 11 is 0. The summed E-state index contributed by atoms with van der Waals surface area (Å²) in [6.45, 7) is 2.40. The predicted octanol–water partition coefficient (Wildman–Crippen LogP) is 2.94. The van der Waals surface area contributed by atoms with Crippen molar-refractivity contribution in [3.05, 3.63) is 71.8 Å². The number of rotatable bonds is 4. The first-order chi connectivity index (χ1) is 9.76. The highest BCUT2D eigenvalue weighted by atomic mass is 16.5. The van der Waals surface area contributed by atoms with Gasteiger partial charge < -0.3 is 10.5 Å². The zero-order valence-electron chi connectivity index (χ0n) is 11.8. The van der Waals surface area contributed by atoms with Crippen molar-refractivity contribution in [1.82, 2.24) is 0 Å². The molecule has 0 amide bonds. The Bertz CT molecular complexity index is 483. The van der Waals surface area contributed by atoms with Gasteiger partial charge in [0.1, 0.15) is 6.61 Å². The van der Waals surface area contributed by atoms with Gasteiger partial charge >= 0.3 is 5.97 Å². The van der Waals surface area contributed by atoms with E-state index in [9.17, 15) is 4.79 Å². The molecule has 0 unspecified atom stereocenters. The zero-order chi connectivity index (χ0) is 14.6. The van der Waals surface area contributed by atoms with Crippen LogP contribution in [-0.4, -0.2) is 12.5 Å². The van der Waals surface area contributed by atoms with Crippen molar-refractivity contribution in [3.8, 4) is 0 Å². The van der Waals surface area contributed by atoms with Crippen molar-refractivity contribution in [3.63, 3.8) is 0 Å². The molecule has 0 aromatic heterocycles. The van der Waals surface area contributed by atoms with Crippen LogP contribution in [0.15, 0.2) is 60.7 Å². The maximum absolute atomic E-state index is 10.6. The second kappa shape index (κ2) is 9.75. The monoisotopic (exact) mass is 271 g/mol. The van der Waals surface area contributed by atoms with Crippen molar-refractivity contribution in [2.45, 2.75) is 20.0 Å². The molecule has 0 bridgehead atoms. The van der Waals surface area contributed by atoms with E-state index >= 15 is 0 Å². The van der Waals surface area contributed by atoms with E-state index in [4.69, 9.17) is 10.5 Å². The second-order valence-electron chi connectivity index (χ2n) is 4.19. The molecular formula is C17H21NO2. The SMILES string of the molecule is CCc1ccccc1.NCC(=O)OCc1ccccc1. The van der Waals surface area contributed by atoms with E-state index in [1.807, 2.05) is 36.4 Å². The van der Waals surface area contributed by atoms with Gasteiger partial charge in [0.05, 0.1) is 6.54 Å². The highest BCUT2D eigenvalue weighted by Gasteiger charge is 1.97. The van der Waals surface area contributed by atoms with Crippen molar-refractivity contribution in [1.29, 1.82) is 0 Å². The highest BCUT2D eigenvalue weighted by Crippen LogP contribution is 2.00. The lowest BCUT2D eigenvalue weighted by atomic mass is 10.2. The van der Waals surface area contributed by atoms with Gasteiger partial charge in [-0.1, -0.05) is 67.6 Å². The molecule has 0 aliphatic carbocycles. The molecule has 3 nitrogen and oxygen atoms in total. The summed E-state index contributed by atoms with van der Waals surface area (Å²) < 4.78 is 4.81. The molecule has 0 fully saturated rings. The fourth-order valence-electron chi connectivity index (χ4n) is 1.51. The van der Waals surface area contributed by atoms with Crippen molar-refractivity contribution < 1.29 is 9.53 Å². The van der Waals surface area contributed by atoms with E-state index in [0.29, 0.717) is 6.61 Å². The Hall–Kier alpha value is -2.13. The van der Waals surface area contributed by atoms with Crippen molar-refractivity contribution >= 4 is 5.97 Å². The van der Waals surface area contributed by atoms with E-state index in [1.54, 1.807) is 0 Å². The first-order valence-electron chi connectivity index (χ1n) is 6.69. The molecule has 2 aromatic rings. The molecule has 0 saturated carbocycles. The van der Waals surface area contributed by atoms with Crippen molar-refractivity contribution in [2.24, 2.45) is 5.73 Å². The lowest BCUT2D eigenvalue weighted by molar-refractivity contribution is -0.143. The molecule has 0 atom stereocenters. The first-order valence-corrected chi connectivity index (χ1v) is 6.69. The minimum atomic E-state index is -0.376. The summed E-state index contributed by atoms with van der Waals surface area (Å²) in [6, 6.07) is 19.9. The van der Waals surface area contributed by atoms with E-state index in [2.05, 4.69) is 31.2 Å². The van der Waals surface area contributed by atoms with Gasteiger partial charge in [0.2, 0.25) is 0 Å². The summed E-state index contributed by atoms with van der Waals surface area (Å²) in [5.74, 6) is -0.376. The summed E-state index contributed by atoms with van der Waals surface area (Å²) in [6.07, 6.45) is 1.14. The van der Waals surface area contributed by atoms with Gasteiger partial charge in [-0.2, -0.15) is 0 Å². The second-order valence-corrected chi connectivity index (χ2v) is 4.19. The normalized spacial score (nSPS) is 9.30. The third-order valence-electron chi connectivity index (χ3n) is 2.66. The number of hydrogen-bond acceptors (Lipinski definition) is 3. The van der Waals surface area contributed by atoms with E-state index < -0.39 is 0 Å². The van der Waals surface area contributed by atoms with Crippen LogP contribution in [0.5, 0.6) is 0 Å². The fraction of sp³-hybridized carbons (Fsp3) is 0.235. The summed E-state index contributed by atoms with van der Waals surface area (Å²) in [5.41, 5.74) is 7.44. The molecular weight excluding hydrogens is 250 g/mol. The van der Waals surface area contributed by atoms with E-state index in [0.717, 1.165) is 12.0 Å². The molecule has 0 aliphatic rings. The van der Waals surface area contributed by atoms with Crippen molar-refractivity contribution in [2.75, 3.05) is 6.54 Å². The third kappa shape index (κ3) is 6.71. The number of hydrogen-bond donors (Lipinski definition) is 1. The Morgan fingerprint density at radius 1 is 0.950 bits per heavy atom. The number of carbonyl (C=O) groups is 1. The largest absolute Gasteiger partial charge is 0.460 e. The Morgan fingerprint density at radius 2 is 1.45 bits per heavy atom. The van der Waals surface area contributed by atoms with Gasteiger partial charge in [-0.05, 0) is 17.5 Å². The standard InChI is InChI=1S/C9H11NO2.C8H10/c10-6-9(11)12-7-8-4-2-1-3-5-8;1-2-8-6-4-3-5-7-8/h1-5H,6-7,10H2;3-7H,2H2,1H3. The predicted molar refractivity (Wildman–Crippen MR) is 81.1 cm³/mol. The fourth-order valence-corrected chi connectivity index (χ4v) is 1.51. The number of benzene rings is 2. The average Bonchev–Trinajstić information content (AvgIpc) is 2.55. The molecule has 0 spiro atoms. The van der Waals surface area contributed by atoms with Crippen LogP contribution in [0.3, 0.4) is 0 Å². The lowest BCUT2D eigenvalue weighted by Crippen LogP contribution is -2.16. The maximum Gasteiger partial charge on any atom is 0.320 e. The smallest absolute Gasteiger partial charge is 0.320 e. The Labute approximate surface area is 120 Å². The first kappa shape index (κ1) is 15.9. The van der Waals surface area contributed by atoms with Crippen LogP contribution in [0.1, 0.15) is 18.1 Å². The number of carbonyl (C=O) groups excluding carboxylic acids is 1. The molecule has 0 saturated heterocycles.